The van der Waals surface area contributed by atoms with Crippen molar-refractivity contribution < 1.29 is 9.63 Å². The van der Waals surface area contributed by atoms with Gasteiger partial charge in [0.05, 0.1) is 10.1 Å². The van der Waals surface area contributed by atoms with E-state index in [0.717, 1.165) is 0 Å². The number of rotatable bonds is 2. The number of aryl methyl sites for hydroxylation is 1. The molecule has 1 N–H and O–H groups in total. The molecule has 0 spiro atoms. The molecule has 0 aromatic carbocycles. The summed E-state index contributed by atoms with van der Waals surface area (Å²) < 4.78 is 2.19. The Morgan fingerprint density at radius 1 is 1.60 bits per heavy atom. The first-order valence-corrected chi connectivity index (χ1v) is 5.26. The third-order valence-corrected chi connectivity index (χ3v) is 2.03. The number of hydrogen-bond donors (Lipinski definition) is 1. The van der Waals surface area contributed by atoms with Gasteiger partial charge < -0.3 is 0 Å². The number of aromatic nitrogens is 2. The van der Waals surface area contributed by atoms with Gasteiger partial charge in [-0.15, -0.1) is 0 Å². The molecule has 0 atom stereocenters. The zero-order valence-corrected chi connectivity index (χ0v) is 10.8. The summed E-state index contributed by atoms with van der Waals surface area (Å²) in [5.74, 6) is -0.364. The first kappa shape index (κ1) is 12.2. The molecule has 1 rings (SSSR count). The van der Waals surface area contributed by atoms with Crippen molar-refractivity contribution in [3.63, 3.8) is 0 Å². The van der Waals surface area contributed by atoms with Gasteiger partial charge in [-0.3, -0.25) is 14.3 Å². The molecule has 1 aromatic heterocycles. The summed E-state index contributed by atoms with van der Waals surface area (Å²) in [6, 6.07) is 0. The Labute approximate surface area is 96.9 Å². The van der Waals surface area contributed by atoms with Crippen LogP contribution in [-0.4, -0.2) is 21.3 Å². The molecule has 1 heterocycles. The Kier molecular flexibility index (Phi) is 3.51. The van der Waals surface area contributed by atoms with Crippen LogP contribution in [0, 0.1) is 0 Å². The van der Waals surface area contributed by atoms with Gasteiger partial charge in [-0.05, 0) is 36.7 Å². The number of hydrogen-bond acceptors (Lipinski definition) is 3. The molecule has 0 aliphatic heterocycles. The summed E-state index contributed by atoms with van der Waals surface area (Å²) in [6.07, 6.45) is 1.70. The predicted octanol–water partition coefficient (Wildman–Crippen LogP) is 1.64. The van der Waals surface area contributed by atoms with E-state index in [4.69, 9.17) is 4.84 Å². The SMILES string of the molecule is Cn1cc(Br)c(C(=O)NOC(C)(C)C)n1. The minimum absolute atomic E-state index is 0.307. The van der Waals surface area contributed by atoms with Crippen LogP contribution in [0.15, 0.2) is 10.7 Å². The molecule has 0 bridgehead atoms. The van der Waals surface area contributed by atoms with Crippen molar-refractivity contribution in [3.8, 4) is 0 Å². The van der Waals surface area contributed by atoms with Gasteiger partial charge in [0.25, 0.3) is 5.91 Å². The fourth-order valence-electron chi connectivity index (χ4n) is 0.861. The monoisotopic (exact) mass is 275 g/mol. The summed E-state index contributed by atoms with van der Waals surface area (Å²) in [5.41, 5.74) is 2.24. The Balaban J connectivity index is 2.66. The second kappa shape index (κ2) is 4.32. The van der Waals surface area contributed by atoms with Crippen LogP contribution in [0.1, 0.15) is 31.3 Å². The van der Waals surface area contributed by atoms with E-state index in [0.29, 0.717) is 10.2 Å². The van der Waals surface area contributed by atoms with E-state index < -0.39 is 5.60 Å². The molecule has 0 saturated carbocycles. The van der Waals surface area contributed by atoms with E-state index in [1.165, 1.54) is 0 Å². The summed E-state index contributed by atoms with van der Waals surface area (Å²) in [6.45, 7) is 5.54. The van der Waals surface area contributed by atoms with Gasteiger partial charge in [-0.2, -0.15) is 5.10 Å². The Bertz CT molecular complexity index is 368. The topological polar surface area (TPSA) is 56.2 Å². The van der Waals surface area contributed by atoms with Crippen molar-refractivity contribution in [1.29, 1.82) is 0 Å². The third kappa shape index (κ3) is 3.64. The lowest BCUT2D eigenvalue weighted by Gasteiger charge is -2.18. The van der Waals surface area contributed by atoms with E-state index in [2.05, 4.69) is 26.5 Å². The highest BCUT2D eigenvalue weighted by molar-refractivity contribution is 9.10. The van der Waals surface area contributed by atoms with Crippen LogP contribution in [0.5, 0.6) is 0 Å². The average Bonchev–Trinajstić information content (AvgIpc) is 2.40. The number of carbonyl (C=O) groups excluding carboxylic acids is 1. The highest BCUT2D eigenvalue weighted by Crippen LogP contribution is 2.14. The minimum atomic E-state index is -0.420. The van der Waals surface area contributed by atoms with Gasteiger partial charge in [0.15, 0.2) is 5.69 Å². The lowest BCUT2D eigenvalue weighted by atomic mass is 10.2. The van der Waals surface area contributed by atoms with E-state index in [9.17, 15) is 4.79 Å². The molecule has 0 aliphatic carbocycles. The molecule has 6 heteroatoms. The van der Waals surface area contributed by atoms with E-state index >= 15 is 0 Å². The molecule has 0 radical (unpaired) electrons. The van der Waals surface area contributed by atoms with Crippen LogP contribution in [0.4, 0.5) is 0 Å². The molecular weight excluding hydrogens is 262 g/mol. The zero-order valence-electron chi connectivity index (χ0n) is 9.17. The molecular formula is C9H14BrN3O2. The molecule has 0 saturated heterocycles. The zero-order chi connectivity index (χ0) is 11.6. The van der Waals surface area contributed by atoms with Crippen LogP contribution in [0.25, 0.3) is 0 Å². The van der Waals surface area contributed by atoms with E-state index in [1.807, 2.05) is 20.8 Å². The van der Waals surface area contributed by atoms with Crippen LogP contribution in [0.2, 0.25) is 0 Å². The quantitative estimate of drug-likeness (QED) is 0.835. The normalized spacial score (nSPS) is 11.5. The predicted molar refractivity (Wildman–Crippen MR) is 59.2 cm³/mol. The van der Waals surface area contributed by atoms with Crippen molar-refractivity contribution in [2.75, 3.05) is 0 Å². The van der Waals surface area contributed by atoms with Gasteiger partial charge >= 0.3 is 0 Å². The smallest absolute Gasteiger partial charge is 0.274 e. The Hall–Kier alpha value is -0.880. The average molecular weight is 276 g/mol. The van der Waals surface area contributed by atoms with Gasteiger partial charge in [-0.1, -0.05) is 0 Å². The largest absolute Gasteiger partial charge is 0.296 e. The Morgan fingerprint density at radius 3 is 2.60 bits per heavy atom. The number of hydroxylamine groups is 1. The summed E-state index contributed by atoms with van der Waals surface area (Å²) in [4.78, 5) is 16.7. The molecule has 0 unspecified atom stereocenters. The number of nitrogens with one attached hydrogen (secondary N) is 1. The van der Waals surface area contributed by atoms with Crippen LogP contribution >= 0.6 is 15.9 Å². The molecule has 15 heavy (non-hydrogen) atoms. The van der Waals surface area contributed by atoms with E-state index in [-0.39, 0.29) is 5.91 Å². The first-order chi connectivity index (χ1) is 6.79. The fourth-order valence-corrected chi connectivity index (χ4v) is 1.42. The lowest BCUT2D eigenvalue weighted by molar-refractivity contribution is -0.0592. The van der Waals surface area contributed by atoms with Crippen molar-refractivity contribution in [3.05, 3.63) is 16.4 Å². The maximum Gasteiger partial charge on any atom is 0.296 e. The highest BCUT2D eigenvalue weighted by atomic mass is 79.9. The van der Waals surface area contributed by atoms with Crippen LogP contribution in [-0.2, 0) is 11.9 Å². The second-order valence-electron chi connectivity index (χ2n) is 4.14. The second-order valence-corrected chi connectivity index (χ2v) is 5.00. The molecule has 0 fully saturated rings. The molecule has 1 amide bonds. The van der Waals surface area contributed by atoms with Crippen molar-refractivity contribution >= 4 is 21.8 Å². The fraction of sp³-hybridized carbons (Fsp3) is 0.556. The number of nitrogens with zero attached hydrogens (tertiary/aromatic N) is 2. The van der Waals surface area contributed by atoms with Crippen molar-refractivity contribution in [1.82, 2.24) is 15.3 Å². The summed E-state index contributed by atoms with van der Waals surface area (Å²) >= 11 is 3.24. The highest BCUT2D eigenvalue weighted by Gasteiger charge is 2.18. The van der Waals surface area contributed by atoms with Crippen molar-refractivity contribution in [2.45, 2.75) is 26.4 Å². The van der Waals surface area contributed by atoms with E-state index in [1.54, 1.807) is 17.9 Å². The first-order valence-electron chi connectivity index (χ1n) is 4.47. The minimum Gasteiger partial charge on any atom is -0.274 e. The Morgan fingerprint density at radius 2 is 2.20 bits per heavy atom. The van der Waals surface area contributed by atoms with Gasteiger partial charge in [0, 0.05) is 13.2 Å². The van der Waals surface area contributed by atoms with Gasteiger partial charge in [0.2, 0.25) is 0 Å². The maximum absolute atomic E-state index is 11.6. The molecule has 0 aliphatic rings. The lowest BCUT2D eigenvalue weighted by Crippen LogP contribution is -2.33. The summed E-state index contributed by atoms with van der Waals surface area (Å²) in [5, 5.41) is 3.99. The molecule has 5 nitrogen and oxygen atoms in total. The van der Waals surface area contributed by atoms with Crippen molar-refractivity contribution in [2.24, 2.45) is 7.05 Å². The van der Waals surface area contributed by atoms with Gasteiger partial charge in [-0.25, -0.2) is 5.48 Å². The molecule has 84 valence electrons. The summed E-state index contributed by atoms with van der Waals surface area (Å²) in [7, 11) is 1.74. The maximum atomic E-state index is 11.6. The standard InChI is InChI=1S/C9H14BrN3O2/c1-9(2,3)15-12-8(14)7-6(10)5-13(4)11-7/h5H,1-4H3,(H,12,14). The van der Waals surface area contributed by atoms with Gasteiger partial charge in [0.1, 0.15) is 0 Å². The number of halogens is 1. The van der Waals surface area contributed by atoms with Crippen LogP contribution < -0.4 is 5.48 Å². The number of carbonyl (C=O) groups is 1. The molecule has 1 aromatic rings. The number of amides is 1. The third-order valence-electron chi connectivity index (χ3n) is 1.45. The van der Waals surface area contributed by atoms with Crippen LogP contribution in [0.3, 0.4) is 0 Å².